The fraction of sp³-hybridized carbons (Fsp3) is 0.227. The zero-order valence-corrected chi connectivity index (χ0v) is 16.8. The summed E-state index contributed by atoms with van der Waals surface area (Å²) >= 11 is 0. The number of H-pyrrole nitrogens is 1. The van der Waals surface area contributed by atoms with E-state index in [4.69, 9.17) is 0 Å². The standard InChI is InChI=1S/C22H24N8/c1-29-9-11-30(12-10-29)18-4-2-3-16(13-18)27-22-23-8-7-21(28-22)26-17-5-6-19-20(14-17)25-15-24-19/h2-8,13-15H,9-12H2,1H3,(H,24,25)(H2,23,26,27,28). The highest BCUT2D eigenvalue weighted by molar-refractivity contribution is 5.80. The molecular formula is C22H24N8. The predicted molar refractivity (Wildman–Crippen MR) is 121 cm³/mol. The topological polar surface area (TPSA) is 85.0 Å². The van der Waals surface area contributed by atoms with E-state index in [1.165, 1.54) is 5.69 Å². The minimum atomic E-state index is 0.554. The zero-order chi connectivity index (χ0) is 20.3. The third kappa shape index (κ3) is 4.04. The molecule has 0 spiro atoms. The second kappa shape index (κ2) is 8.00. The van der Waals surface area contributed by atoms with Crippen molar-refractivity contribution in [3.05, 3.63) is 61.1 Å². The second-order valence-electron chi connectivity index (χ2n) is 7.49. The Balaban J connectivity index is 1.30. The summed E-state index contributed by atoms with van der Waals surface area (Å²) in [6.45, 7) is 4.24. The van der Waals surface area contributed by atoms with Crippen molar-refractivity contribution in [2.45, 2.75) is 0 Å². The number of nitrogens with zero attached hydrogens (tertiary/aromatic N) is 5. The molecule has 1 aliphatic rings. The van der Waals surface area contributed by atoms with Crippen molar-refractivity contribution in [2.75, 3.05) is 48.8 Å². The van der Waals surface area contributed by atoms with Gasteiger partial charge in [-0.25, -0.2) is 9.97 Å². The molecule has 5 rings (SSSR count). The Morgan fingerprint density at radius 2 is 1.77 bits per heavy atom. The molecule has 30 heavy (non-hydrogen) atoms. The lowest BCUT2D eigenvalue weighted by atomic mass is 10.2. The first kappa shape index (κ1) is 18.4. The van der Waals surface area contributed by atoms with Gasteiger partial charge in [0, 0.05) is 49.4 Å². The first-order valence-electron chi connectivity index (χ1n) is 10.1. The Bertz CT molecular complexity index is 1150. The van der Waals surface area contributed by atoms with E-state index in [2.05, 4.69) is 65.6 Å². The maximum absolute atomic E-state index is 4.60. The monoisotopic (exact) mass is 400 g/mol. The van der Waals surface area contributed by atoms with Crippen LogP contribution in [-0.4, -0.2) is 58.1 Å². The van der Waals surface area contributed by atoms with Gasteiger partial charge < -0.3 is 25.4 Å². The maximum atomic E-state index is 4.60. The number of aromatic nitrogens is 4. The van der Waals surface area contributed by atoms with Crippen LogP contribution in [0.1, 0.15) is 0 Å². The van der Waals surface area contributed by atoms with Crippen molar-refractivity contribution in [2.24, 2.45) is 0 Å². The average molecular weight is 400 g/mol. The van der Waals surface area contributed by atoms with Crippen LogP contribution in [0.2, 0.25) is 0 Å². The smallest absolute Gasteiger partial charge is 0.229 e. The highest BCUT2D eigenvalue weighted by Gasteiger charge is 2.14. The van der Waals surface area contributed by atoms with Gasteiger partial charge in [-0.15, -0.1) is 0 Å². The van der Waals surface area contributed by atoms with Crippen LogP contribution in [0, 0.1) is 0 Å². The molecule has 0 radical (unpaired) electrons. The summed E-state index contributed by atoms with van der Waals surface area (Å²) in [6.07, 6.45) is 3.44. The minimum Gasteiger partial charge on any atom is -0.369 e. The third-order valence-corrected chi connectivity index (χ3v) is 5.32. The van der Waals surface area contributed by atoms with Crippen LogP contribution in [0.4, 0.5) is 28.8 Å². The van der Waals surface area contributed by atoms with Gasteiger partial charge >= 0.3 is 0 Å². The number of anilines is 5. The number of hydrogen-bond donors (Lipinski definition) is 3. The van der Waals surface area contributed by atoms with Gasteiger partial charge in [0.2, 0.25) is 5.95 Å². The van der Waals surface area contributed by atoms with Gasteiger partial charge in [0.1, 0.15) is 5.82 Å². The molecule has 3 heterocycles. The molecule has 1 fully saturated rings. The fourth-order valence-corrected chi connectivity index (χ4v) is 3.62. The number of hydrogen-bond acceptors (Lipinski definition) is 7. The van der Waals surface area contributed by atoms with Crippen molar-refractivity contribution in [3.63, 3.8) is 0 Å². The molecule has 0 bridgehead atoms. The minimum absolute atomic E-state index is 0.554. The van der Waals surface area contributed by atoms with Crippen LogP contribution in [0.5, 0.6) is 0 Å². The summed E-state index contributed by atoms with van der Waals surface area (Å²) in [6, 6.07) is 16.2. The van der Waals surface area contributed by atoms with Crippen molar-refractivity contribution >= 4 is 39.9 Å². The Labute approximate surface area is 175 Å². The zero-order valence-electron chi connectivity index (χ0n) is 16.8. The molecule has 3 N–H and O–H groups in total. The van der Waals surface area contributed by atoms with Crippen LogP contribution in [0.25, 0.3) is 11.0 Å². The predicted octanol–water partition coefficient (Wildman–Crippen LogP) is 3.59. The van der Waals surface area contributed by atoms with Gasteiger partial charge in [-0.1, -0.05) is 6.07 Å². The first-order valence-corrected chi connectivity index (χ1v) is 10.1. The van der Waals surface area contributed by atoms with E-state index >= 15 is 0 Å². The summed E-state index contributed by atoms with van der Waals surface area (Å²) in [5.41, 5.74) is 5.05. The number of imidazole rings is 1. The van der Waals surface area contributed by atoms with Gasteiger partial charge in [0.15, 0.2) is 0 Å². The van der Waals surface area contributed by atoms with Crippen molar-refractivity contribution in [1.82, 2.24) is 24.8 Å². The van der Waals surface area contributed by atoms with Gasteiger partial charge in [0.25, 0.3) is 0 Å². The molecule has 1 aliphatic heterocycles. The molecule has 4 aromatic rings. The molecule has 2 aromatic heterocycles. The maximum Gasteiger partial charge on any atom is 0.229 e. The summed E-state index contributed by atoms with van der Waals surface area (Å²) in [7, 11) is 2.17. The van der Waals surface area contributed by atoms with Crippen molar-refractivity contribution in [3.8, 4) is 0 Å². The van der Waals surface area contributed by atoms with E-state index in [0.717, 1.165) is 54.4 Å². The number of fused-ring (bicyclic) bond motifs is 1. The molecule has 1 saturated heterocycles. The molecular weight excluding hydrogens is 376 g/mol. The molecule has 152 valence electrons. The summed E-state index contributed by atoms with van der Waals surface area (Å²) in [5, 5.41) is 6.66. The first-order chi connectivity index (χ1) is 14.7. The highest BCUT2D eigenvalue weighted by Crippen LogP contribution is 2.24. The van der Waals surface area contributed by atoms with E-state index in [-0.39, 0.29) is 0 Å². The normalized spacial score (nSPS) is 14.8. The summed E-state index contributed by atoms with van der Waals surface area (Å²) < 4.78 is 0. The SMILES string of the molecule is CN1CCN(c2cccc(Nc3nccc(Nc4ccc5nc[nH]c5c4)n3)c2)CC1. The van der Waals surface area contributed by atoms with Crippen LogP contribution >= 0.6 is 0 Å². The van der Waals surface area contributed by atoms with Crippen molar-refractivity contribution in [1.29, 1.82) is 0 Å². The number of nitrogens with one attached hydrogen (secondary N) is 3. The number of benzene rings is 2. The lowest BCUT2D eigenvalue weighted by Gasteiger charge is -2.34. The molecule has 2 aromatic carbocycles. The lowest BCUT2D eigenvalue weighted by molar-refractivity contribution is 0.313. The van der Waals surface area contributed by atoms with Gasteiger partial charge in [-0.05, 0) is 49.5 Å². The molecule has 8 heteroatoms. The van der Waals surface area contributed by atoms with Crippen LogP contribution in [-0.2, 0) is 0 Å². The highest BCUT2D eigenvalue weighted by atomic mass is 15.2. The van der Waals surface area contributed by atoms with E-state index in [9.17, 15) is 0 Å². The molecule has 0 unspecified atom stereocenters. The average Bonchev–Trinajstić information content (AvgIpc) is 3.23. The fourth-order valence-electron chi connectivity index (χ4n) is 3.62. The third-order valence-electron chi connectivity index (χ3n) is 5.32. The second-order valence-corrected chi connectivity index (χ2v) is 7.49. The number of rotatable bonds is 5. The molecule has 8 nitrogen and oxygen atoms in total. The van der Waals surface area contributed by atoms with Gasteiger partial charge in [-0.3, -0.25) is 0 Å². The largest absolute Gasteiger partial charge is 0.369 e. The van der Waals surface area contributed by atoms with Crippen molar-refractivity contribution < 1.29 is 0 Å². The Morgan fingerprint density at radius 1 is 0.900 bits per heavy atom. The Morgan fingerprint density at radius 3 is 2.67 bits per heavy atom. The molecule has 0 saturated carbocycles. The van der Waals surface area contributed by atoms with Gasteiger partial charge in [0.05, 0.1) is 17.4 Å². The lowest BCUT2D eigenvalue weighted by Crippen LogP contribution is -2.44. The molecule has 0 amide bonds. The Hall–Kier alpha value is -3.65. The summed E-state index contributed by atoms with van der Waals surface area (Å²) in [5.74, 6) is 1.28. The van der Waals surface area contributed by atoms with Gasteiger partial charge in [-0.2, -0.15) is 4.98 Å². The van der Waals surface area contributed by atoms with E-state index in [0.29, 0.717) is 5.95 Å². The van der Waals surface area contributed by atoms with Crippen LogP contribution in [0.15, 0.2) is 61.1 Å². The van der Waals surface area contributed by atoms with E-state index in [1.54, 1.807) is 12.5 Å². The van der Waals surface area contributed by atoms with E-state index < -0.39 is 0 Å². The van der Waals surface area contributed by atoms with E-state index in [1.807, 2.05) is 30.3 Å². The Kier molecular flexibility index (Phi) is 4.90. The van der Waals surface area contributed by atoms with Crippen LogP contribution in [0.3, 0.4) is 0 Å². The number of piperazine rings is 1. The number of aromatic amines is 1. The molecule has 0 aliphatic carbocycles. The van der Waals surface area contributed by atoms with Crippen LogP contribution < -0.4 is 15.5 Å². The molecule has 0 atom stereocenters. The quantitative estimate of drug-likeness (QED) is 0.472. The number of likely N-dealkylation sites (N-methyl/N-ethyl adjacent to an activating group) is 1. The summed E-state index contributed by atoms with van der Waals surface area (Å²) in [4.78, 5) is 21.1.